The number of hydrogen-bond acceptors (Lipinski definition) is 3. The fraction of sp³-hybridized carbons (Fsp3) is 0.375. The van der Waals surface area contributed by atoms with Gasteiger partial charge < -0.3 is 5.32 Å². The van der Waals surface area contributed by atoms with E-state index in [4.69, 9.17) is 0 Å². The topological polar surface area (TPSA) is 70.6 Å². The second-order valence-corrected chi connectivity index (χ2v) is 7.52. The Morgan fingerprint density at radius 2 is 1.62 bits per heavy atom. The summed E-state index contributed by atoms with van der Waals surface area (Å²) in [6.07, 6.45) is 7.13. The standard InChI is InChI=1S/C24H29N3O2/c1-2-9-22(18-10-5-3-6-11-18)26-27-24(29)20-14-16-21(17-15-20)25-23(28)19-12-7-4-8-13-19/h3,5-6,10-11,14-17,19H,2,4,7-9,12-13H2,1H3,(H,25,28)(H,27,29). The molecule has 0 spiro atoms. The molecule has 152 valence electrons. The Hall–Kier alpha value is -2.95. The van der Waals surface area contributed by atoms with Crippen LogP contribution in [0.2, 0.25) is 0 Å². The van der Waals surface area contributed by atoms with Crippen LogP contribution in [0.3, 0.4) is 0 Å². The monoisotopic (exact) mass is 391 g/mol. The van der Waals surface area contributed by atoms with Crippen molar-refractivity contribution in [3.63, 3.8) is 0 Å². The highest BCUT2D eigenvalue weighted by Crippen LogP contribution is 2.25. The van der Waals surface area contributed by atoms with Crippen LogP contribution in [0.15, 0.2) is 59.7 Å². The number of benzene rings is 2. The van der Waals surface area contributed by atoms with Crippen LogP contribution in [0.4, 0.5) is 5.69 Å². The molecule has 1 aliphatic rings. The summed E-state index contributed by atoms with van der Waals surface area (Å²) in [6.45, 7) is 2.08. The summed E-state index contributed by atoms with van der Waals surface area (Å²) in [5.41, 5.74) is 5.75. The summed E-state index contributed by atoms with van der Waals surface area (Å²) in [5.74, 6) is -0.0747. The second kappa shape index (κ2) is 10.6. The van der Waals surface area contributed by atoms with Gasteiger partial charge in [-0.15, -0.1) is 0 Å². The van der Waals surface area contributed by atoms with Crippen molar-refractivity contribution >= 4 is 23.2 Å². The third-order valence-corrected chi connectivity index (χ3v) is 5.28. The molecule has 5 nitrogen and oxygen atoms in total. The van der Waals surface area contributed by atoms with E-state index >= 15 is 0 Å². The van der Waals surface area contributed by atoms with Gasteiger partial charge in [-0.1, -0.05) is 62.9 Å². The molecule has 0 heterocycles. The van der Waals surface area contributed by atoms with Gasteiger partial charge in [0, 0.05) is 17.2 Å². The van der Waals surface area contributed by atoms with Crippen molar-refractivity contribution in [1.82, 2.24) is 5.43 Å². The van der Waals surface area contributed by atoms with Gasteiger partial charge in [-0.25, -0.2) is 5.43 Å². The molecule has 0 aliphatic heterocycles. The molecule has 0 radical (unpaired) electrons. The molecule has 1 fully saturated rings. The van der Waals surface area contributed by atoms with Crippen molar-refractivity contribution in [3.05, 3.63) is 65.7 Å². The molecule has 0 atom stereocenters. The molecule has 1 aliphatic carbocycles. The smallest absolute Gasteiger partial charge is 0.271 e. The van der Waals surface area contributed by atoms with E-state index in [1.807, 2.05) is 30.3 Å². The summed E-state index contributed by atoms with van der Waals surface area (Å²) >= 11 is 0. The molecule has 0 saturated heterocycles. The van der Waals surface area contributed by atoms with Crippen molar-refractivity contribution < 1.29 is 9.59 Å². The Labute approximate surface area is 172 Å². The lowest BCUT2D eigenvalue weighted by Crippen LogP contribution is -2.24. The maximum absolute atomic E-state index is 12.5. The first-order valence-electron chi connectivity index (χ1n) is 10.5. The van der Waals surface area contributed by atoms with Crippen LogP contribution in [-0.4, -0.2) is 17.5 Å². The zero-order valence-corrected chi connectivity index (χ0v) is 17.0. The first kappa shape index (κ1) is 20.8. The average molecular weight is 392 g/mol. The van der Waals surface area contributed by atoms with Crippen LogP contribution in [0.25, 0.3) is 0 Å². The van der Waals surface area contributed by atoms with E-state index in [2.05, 4.69) is 22.8 Å². The molecule has 29 heavy (non-hydrogen) atoms. The van der Waals surface area contributed by atoms with Gasteiger partial charge >= 0.3 is 0 Å². The van der Waals surface area contributed by atoms with E-state index in [0.717, 1.165) is 55.5 Å². The minimum atomic E-state index is -0.264. The van der Waals surface area contributed by atoms with Gasteiger partial charge in [0.2, 0.25) is 5.91 Å². The van der Waals surface area contributed by atoms with E-state index < -0.39 is 0 Å². The van der Waals surface area contributed by atoms with Crippen molar-refractivity contribution in [3.8, 4) is 0 Å². The number of anilines is 1. The zero-order chi connectivity index (χ0) is 20.5. The maximum Gasteiger partial charge on any atom is 0.271 e. The largest absolute Gasteiger partial charge is 0.326 e. The molecule has 5 heteroatoms. The molecule has 1 saturated carbocycles. The highest BCUT2D eigenvalue weighted by atomic mass is 16.2. The Morgan fingerprint density at radius 3 is 2.28 bits per heavy atom. The molecule has 3 rings (SSSR count). The molecular weight excluding hydrogens is 362 g/mol. The Kier molecular flexibility index (Phi) is 7.56. The van der Waals surface area contributed by atoms with Crippen LogP contribution in [-0.2, 0) is 4.79 Å². The Balaban J connectivity index is 1.60. The van der Waals surface area contributed by atoms with Crippen molar-refractivity contribution in [2.24, 2.45) is 11.0 Å². The zero-order valence-electron chi connectivity index (χ0n) is 17.0. The molecule has 2 aromatic rings. The normalized spacial score (nSPS) is 15.0. The minimum Gasteiger partial charge on any atom is -0.326 e. The Morgan fingerprint density at radius 1 is 0.931 bits per heavy atom. The summed E-state index contributed by atoms with van der Waals surface area (Å²) in [4.78, 5) is 24.8. The SMILES string of the molecule is CCCC(=NNC(=O)c1ccc(NC(=O)C2CCCCC2)cc1)c1ccccc1. The lowest BCUT2D eigenvalue weighted by atomic mass is 9.88. The fourth-order valence-corrected chi connectivity index (χ4v) is 3.63. The van der Waals surface area contributed by atoms with Crippen LogP contribution < -0.4 is 10.7 Å². The first-order chi connectivity index (χ1) is 14.2. The van der Waals surface area contributed by atoms with Gasteiger partial charge in [-0.3, -0.25) is 9.59 Å². The molecule has 2 N–H and O–H groups in total. The molecule has 0 bridgehead atoms. The van der Waals surface area contributed by atoms with Gasteiger partial charge in [-0.05, 0) is 49.1 Å². The summed E-state index contributed by atoms with van der Waals surface area (Å²) in [7, 11) is 0. The number of rotatable bonds is 7. The van der Waals surface area contributed by atoms with Crippen LogP contribution >= 0.6 is 0 Å². The van der Waals surface area contributed by atoms with Crippen molar-refractivity contribution in [1.29, 1.82) is 0 Å². The molecule has 0 unspecified atom stereocenters. The highest BCUT2D eigenvalue weighted by Gasteiger charge is 2.21. The van der Waals surface area contributed by atoms with Crippen LogP contribution in [0, 0.1) is 5.92 Å². The minimum absolute atomic E-state index is 0.0820. The van der Waals surface area contributed by atoms with Crippen LogP contribution in [0.1, 0.15) is 67.8 Å². The predicted molar refractivity (Wildman–Crippen MR) is 117 cm³/mol. The quantitative estimate of drug-likeness (QED) is 0.507. The lowest BCUT2D eigenvalue weighted by molar-refractivity contribution is -0.120. The van der Waals surface area contributed by atoms with E-state index in [1.54, 1.807) is 24.3 Å². The number of nitrogens with zero attached hydrogens (tertiary/aromatic N) is 1. The fourth-order valence-electron chi connectivity index (χ4n) is 3.63. The number of hydrazone groups is 1. The number of nitrogens with one attached hydrogen (secondary N) is 2. The summed E-state index contributed by atoms with van der Waals surface area (Å²) in [5, 5.41) is 7.31. The highest BCUT2D eigenvalue weighted by molar-refractivity contribution is 6.02. The lowest BCUT2D eigenvalue weighted by Gasteiger charge is -2.20. The third kappa shape index (κ3) is 6.01. The van der Waals surface area contributed by atoms with Gasteiger partial charge in [-0.2, -0.15) is 5.10 Å². The molecular formula is C24H29N3O2. The first-order valence-corrected chi connectivity index (χ1v) is 10.5. The molecule has 0 aromatic heterocycles. The third-order valence-electron chi connectivity index (χ3n) is 5.28. The maximum atomic E-state index is 12.5. The van der Waals surface area contributed by atoms with E-state index in [9.17, 15) is 9.59 Å². The molecule has 2 aromatic carbocycles. The van der Waals surface area contributed by atoms with Crippen molar-refractivity contribution in [2.75, 3.05) is 5.32 Å². The molecule has 2 amide bonds. The van der Waals surface area contributed by atoms with E-state index in [0.29, 0.717) is 5.56 Å². The van der Waals surface area contributed by atoms with Crippen molar-refractivity contribution in [2.45, 2.75) is 51.9 Å². The number of carbonyl (C=O) groups excluding carboxylic acids is 2. The Bertz CT molecular complexity index is 838. The van der Waals surface area contributed by atoms with Gasteiger partial charge in [0.15, 0.2) is 0 Å². The van der Waals surface area contributed by atoms with E-state index in [1.165, 1.54) is 6.42 Å². The van der Waals surface area contributed by atoms with E-state index in [-0.39, 0.29) is 17.7 Å². The number of amides is 2. The average Bonchev–Trinajstić information content (AvgIpc) is 2.78. The summed E-state index contributed by atoms with van der Waals surface area (Å²) in [6, 6.07) is 16.8. The van der Waals surface area contributed by atoms with Gasteiger partial charge in [0.25, 0.3) is 5.91 Å². The van der Waals surface area contributed by atoms with Gasteiger partial charge in [0.1, 0.15) is 0 Å². The number of hydrogen-bond donors (Lipinski definition) is 2. The van der Waals surface area contributed by atoms with Gasteiger partial charge in [0.05, 0.1) is 5.71 Å². The number of carbonyl (C=O) groups is 2. The summed E-state index contributed by atoms with van der Waals surface area (Å²) < 4.78 is 0. The van der Waals surface area contributed by atoms with Crippen LogP contribution in [0.5, 0.6) is 0 Å². The predicted octanol–water partition coefficient (Wildman–Crippen LogP) is 5.14. The second-order valence-electron chi connectivity index (χ2n) is 7.52.